The second-order valence-electron chi connectivity index (χ2n) is 3.78. The second kappa shape index (κ2) is 3.85. The Balaban J connectivity index is 2.64. The molecule has 0 bridgehead atoms. The third kappa shape index (κ3) is 1.91. The summed E-state index contributed by atoms with van der Waals surface area (Å²) in [5.41, 5.74) is 4.25. The van der Waals surface area contributed by atoms with Crippen molar-refractivity contribution in [2.24, 2.45) is 0 Å². The average molecular weight is 200 g/mol. The van der Waals surface area contributed by atoms with Crippen LogP contribution in [0.15, 0.2) is 42.5 Å². The van der Waals surface area contributed by atoms with Crippen LogP contribution in [-0.2, 0) is 0 Å². The number of benzene rings is 2. The predicted octanol–water partition coefficient (Wildman–Crippen LogP) is 4.11. The van der Waals surface area contributed by atoms with Crippen molar-refractivity contribution in [3.05, 3.63) is 59.4 Å². The lowest BCUT2D eigenvalue weighted by Crippen LogP contribution is -1.89. The molecule has 0 heterocycles. The van der Waals surface area contributed by atoms with Crippen LogP contribution in [0.1, 0.15) is 11.1 Å². The quantitative estimate of drug-likeness (QED) is 0.649. The number of halogens is 1. The van der Waals surface area contributed by atoms with Gasteiger partial charge in [-0.2, -0.15) is 0 Å². The van der Waals surface area contributed by atoms with E-state index in [0.29, 0.717) is 0 Å². The van der Waals surface area contributed by atoms with Gasteiger partial charge in [0.1, 0.15) is 5.82 Å². The molecule has 0 spiro atoms. The molecule has 0 unspecified atom stereocenters. The van der Waals surface area contributed by atoms with Gasteiger partial charge in [-0.3, -0.25) is 0 Å². The van der Waals surface area contributed by atoms with Gasteiger partial charge in [0.2, 0.25) is 0 Å². The summed E-state index contributed by atoms with van der Waals surface area (Å²) < 4.78 is 13.1. The van der Waals surface area contributed by atoms with Gasteiger partial charge in [0, 0.05) is 0 Å². The minimum Gasteiger partial charge on any atom is -0.207 e. The molecule has 2 rings (SSSR count). The fraction of sp³-hybridized carbons (Fsp3) is 0.143. The van der Waals surface area contributed by atoms with Crippen molar-refractivity contribution in [2.75, 3.05) is 0 Å². The fourth-order valence-corrected chi connectivity index (χ4v) is 1.97. The van der Waals surface area contributed by atoms with E-state index < -0.39 is 0 Å². The Bertz CT molecular complexity index is 449. The molecule has 76 valence electrons. The van der Waals surface area contributed by atoms with Gasteiger partial charge >= 0.3 is 0 Å². The SMILES string of the molecule is Cc1cc(F)cc(C)c1-c1ccccc1. The summed E-state index contributed by atoms with van der Waals surface area (Å²) in [6, 6.07) is 13.2. The first-order valence-electron chi connectivity index (χ1n) is 5.00. The summed E-state index contributed by atoms with van der Waals surface area (Å²) >= 11 is 0. The Morgan fingerprint density at radius 3 is 1.93 bits per heavy atom. The zero-order chi connectivity index (χ0) is 10.8. The molecule has 0 nitrogen and oxygen atoms in total. The van der Waals surface area contributed by atoms with E-state index in [2.05, 4.69) is 0 Å². The molecule has 2 aromatic rings. The van der Waals surface area contributed by atoms with Crippen LogP contribution in [0.4, 0.5) is 4.39 Å². The molecule has 0 amide bonds. The first-order chi connectivity index (χ1) is 7.18. The van der Waals surface area contributed by atoms with E-state index in [1.165, 1.54) is 0 Å². The Hall–Kier alpha value is -1.63. The van der Waals surface area contributed by atoms with E-state index in [1.807, 2.05) is 44.2 Å². The van der Waals surface area contributed by atoms with Crippen molar-refractivity contribution in [2.45, 2.75) is 13.8 Å². The zero-order valence-electron chi connectivity index (χ0n) is 8.92. The molecule has 1 heteroatoms. The molecule has 0 fully saturated rings. The molecule has 0 aromatic heterocycles. The molecule has 0 atom stereocenters. The standard InChI is InChI=1S/C14H13F/c1-10-8-13(15)9-11(2)14(10)12-6-4-3-5-7-12/h3-9H,1-2H3. The van der Waals surface area contributed by atoms with E-state index in [1.54, 1.807) is 12.1 Å². The van der Waals surface area contributed by atoms with Gasteiger partial charge in [-0.05, 0) is 48.2 Å². The van der Waals surface area contributed by atoms with E-state index in [-0.39, 0.29) is 5.82 Å². The Kier molecular flexibility index (Phi) is 2.55. The lowest BCUT2D eigenvalue weighted by molar-refractivity contribution is 0.625. The monoisotopic (exact) mass is 200 g/mol. The first kappa shape index (κ1) is 9.91. The zero-order valence-corrected chi connectivity index (χ0v) is 8.92. The van der Waals surface area contributed by atoms with Gasteiger partial charge in [0.15, 0.2) is 0 Å². The molecule has 0 aliphatic rings. The summed E-state index contributed by atoms with van der Waals surface area (Å²) in [6.07, 6.45) is 0. The lowest BCUT2D eigenvalue weighted by atomic mass is 9.96. The highest BCUT2D eigenvalue weighted by atomic mass is 19.1. The van der Waals surface area contributed by atoms with Crippen LogP contribution < -0.4 is 0 Å². The molecule has 0 aliphatic carbocycles. The van der Waals surface area contributed by atoms with E-state index in [0.717, 1.165) is 22.3 Å². The van der Waals surface area contributed by atoms with Crippen molar-refractivity contribution < 1.29 is 4.39 Å². The van der Waals surface area contributed by atoms with Gasteiger partial charge in [0.05, 0.1) is 0 Å². The summed E-state index contributed by atoms with van der Waals surface area (Å²) in [5.74, 6) is -0.162. The van der Waals surface area contributed by atoms with E-state index >= 15 is 0 Å². The van der Waals surface area contributed by atoms with Crippen LogP contribution in [0, 0.1) is 19.7 Å². The van der Waals surface area contributed by atoms with Crippen molar-refractivity contribution in [3.63, 3.8) is 0 Å². The van der Waals surface area contributed by atoms with Crippen molar-refractivity contribution in [1.82, 2.24) is 0 Å². The average Bonchev–Trinajstić information content (AvgIpc) is 2.17. The number of rotatable bonds is 1. The minimum atomic E-state index is -0.162. The maximum absolute atomic E-state index is 13.1. The molecular formula is C14H13F. The number of aryl methyl sites for hydroxylation is 2. The van der Waals surface area contributed by atoms with E-state index in [9.17, 15) is 4.39 Å². The normalized spacial score (nSPS) is 10.3. The molecule has 0 radical (unpaired) electrons. The Labute approximate surface area is 89.4 Å². The van der Waals surface area contributed by atoms with Crippen LogP contribution in [0.25, 0.3) is 11.1 Å². The molecular weight excluding hydrogens is 187 g/mol. The van der Waals surface area contributed by atoms with Crippen molar-refractivity contribution >= 4 is 0 Å². The molecule has 2 aromatic carbocycles. The highest BCUT2D eigenvalue weighted by Crippen LogP contribution is 2.27. The number of hydrogen-bond donors (Lipinski definition) is 0. The third-order valence-corrected chi connectivity index (χ3v) is 2.56. The van der Waals surface area contributed by atoms with Crippen LogP contribution in [-0.4, -0.2) is 0 Å². The van der Waals surface area contributed by atoms with Gasteiger partial charge in [0.25, 0.3) is 0 Å². The molecule has 0 aliphatic heterocycles. The molecule has 0 saturated carbocycles. The fourth-order valence-electron chi connectivity index (χ4n) is 1.97. The summed E-state index contributed by atoms with van der Waals surface area (Å²) in [6.45, 7) is 3.89. The smallest absolute Gasteiger partial charge is 0.123 e. The molecule has 15 heavy (non-hydrogen) atoms. The van der Waals surface area contributed by atoms with Gasteiger partial charge in [-0.15, -0.1) is 0 Å². The first-order valence-corrected chi connectivity index (χ1v) is 5.00. The van der Waals surface area contributed by atoms with Crippen LogP contribution in [0.3, 0.4) is 0 Å². The second-order valence-corrected chi connectivity index (χ2v) is 3.78. The summed E-state index contributed by atoms with van der Waals surface area (Å²) in [7, 11) is 0. The Morgan fingerprint density at radius 2 is 1.40 bits per heavy atom. The predicted molar refractivity (Wildman–Crippen MR) is 61.3 cm³/mol. The lowest BCUT2D eigenvalue weighted by Gasteiger charge is -2.10. The highest BCUT2D eigenvalue weighted by Gasteiger charge is 2.06. The van der Waals surface area contributed by atoms with Gasteiger partial charge in [-0.25, -0.2) is 4.39 Å². The third-order valence-electron chi connectivity index (χ3n) is 2.56. The topological polar surface area (TPSA) is 0 Å². The van der Waals surface area contributed by atoms with Crippen LogP contribution in [0.2, 0.25) is 0 Å². The summed E-state index contributed by atoms with van der Waals surface area (Å²) in [4.78, 5) is 0. The Morgan fingerprint density at radius 1 is 0.867 bits per heavy atom. The van der Waals surface area contributed by atoms with Crippen molar-refractivity contribution in [1.29, 1.82) is 0 Å². The maximum atomic E-state index is 13.1. The maximum Gasteiger partial charge on any atom is 0.123 e. The van der Waals surface area contributed by atoms with Gasteiger partial charge < -0.3 is 0 Å². The summed E-state index contributed by atoms with van der Waals surface area (Å²) in [5, 5.41) is 0. The highest BCUT2D eigenvalue weighted by molar-refractivity contribution is 5.70. The largest absolute Gasteiger partial charge is 0.207 e. The molecule has 0 N–H and O–H groups in total. The molecule has 0 saturated heterocycles. The van der Waals surface area contributed by atoms with Gasteiger partial charge in [-0.1, -0.05) is 30.3 Å². The van der Waals surface area contributed by atoms with Crippen molar-refractivity contribution in [3.8, 4) is 11.1 Å². The number of hydrogen-bond acceptors (Lipinski definition) is 0. The van der Waals surface area contributed by atoms with Crippen LogP contribution >= 0.6 is 0 Å². The van der Waals surface area contributed by atoms with E-state index in [4.69, 9.17) is 0 Å². The minimum absolute atomic E-state index is 0.162. The van der Waals surface area contributed by atoms with Crippen LogP contribution in [0.5, 0.6) is 0 Å².